The van der Waals surface area contributed by atoms with Crippen molar-refractivity contribution in [1.29, 1.82) is 0 Å². The third-order valence-corrected chi connectivity index (χ3v) is 2.95. The van der Waals surface area contributed by atoms with E-state index in [1.807, 2.05) is 4.90 Å². The normalized spacial score (nSPS) is 26.6. The summed E-state index contributed by atoms with van der Waals surface area (Å²) in [5.74, 6) is -0.0293. The van der Waals surface area contributed by atoms with Crippen molar-refractivity contribution in [1.82, 2.24) is 4.90 Å². The number of carbonyl (C=O) groups is 2. The molecule has 14 heavy (non-hydrogen) atoms. The second-order valence-corrected chi connectivity index (χ2v) is 4.17. The van der Waals surface area contributed by atoms with Crippen molar-refractivity contribution in [2.45, 2.75) is 58.5 Å². The molecule has 0 bridgehead atoms. The molecule has 0 aromatic heterocycles. The first-order chi connectivity index (χ1) is 6.56. The molecular formula is C11H19NO2. The van der Waals surface area contributed by atoms with Gasteiger partial charge in [-0.3, -0.25) is 9.59 Å². The Balaban J connectivity index is 2.63. The van der Waals surface area contributed by atoms with Crippen LogP contribution in [-0.4, -0.2) is 28.7 Å². The molecule has 1 aliphatic rings. The van der Waals surface area contributed by atoms with Gasteiger partial charge in [-0.05, 0) is 33.1 Å². The molecule has 80 valence electrons. The highest BCUT2D eigenvalue weighted by molar-refractivity contribution is 5.97. The molecule has 2 unspecified atom stereocenters. The molecule has 1 amide bonds. The van der Waals surface area contributed by atoms with Crippen molar-refractivity contribution in [3.05, 3.63) is 0 Å². The predicted molar refractivity (Wildman–Crippen MR) is 54.9 cm³/mol. The number of likely N-dealkylation sites (tertiary alicyclic amines) is 1. The van der Waals surface area contributed by atoms with E-state index < -0.39 is 0 Å². The maximum absolute atomic E-state index is 11.7. The summed E-state index contributed by atoms with van der Waals surface area (Å²) in [6.45, 7) is 5.63. The van der Waals surface area contributed by atoms with E-state index in [2.05, 4.69) is 13.8 Å². The second kappa shape index (κ2) is 4.58. The number of Topliss-reactive ketones (excluding diaryl/α,β-unsaturated/α-hetero) is 1. The second-order valence-electron chi connectivity index (χ2n) is 4.17. The van der Waals surface area contributed by atoms with Crippen LogP contribution in [0.1, 0.15) is 46.5 Å². The molecule has 3 heteroatoms. The van der Waals surface area contributed by atoms with Gasteiger partial charge in [-0.1, -0.05) is 6.92 Å². The van der Waals surface area contributed by atoms with Crippen LogP contribution in [0.2, 0.25) is 0 Å². The van der Waals surface area contributed by atoms with Gasteiger partial charge in [0.25, 0.3) is 0 Å². The number of carbonyl (C=O) groups excluding carboxylic acids is 2. The quantitative estimate of drug-likeness (QED) is 0.646. The van der Waals surface area contributed by atoms with E-state index in [4.69, 9.17) is 0 Å². The van der Waals surface area contributed by atoms with Crippen LogP contribution in [0, 0.1) is 0 Å². The maximum Gasteiger partial charge on any atom is 0.230 e. The summed E-state index contributed by atoms with van der Waals surface area (Å²) in [6.07, 6.45) is 3.22. The maximum atomic E-state index is 11.7. The van der Waals surface area contributed by atoms with Crippen molar-refractivity contribution in [3.63, 3.8) is 0 Å². The summed E-state index contributed by atoms with van der Waals surface area (Å²) in [5.41, 5.74) is 0. The Hall–Kier alpha value is -0.860. The summed E-state index contributed by atoms with van der Waals surface area (Å²) in [6, 6.07) is 0.670. The molecule has 2 atom stereocenters. The van der Waals surface area contributed by atoms with E-state index in [-0.39, 0.29) is 18.1 Å². The van der Waals surface area contributed by atoms with Gasteiger partial charge < -0.3 is 4.90 Å². The summed E-state index contributed by atoms with van der Waals surface area (Å²) in [7, 11) is 0. The van der Waals surface area contributed by atoms with Crippen molar-refractivity contribution >= 4 is 11.7 Å². The van der Waals surface area contributed by atoms with E-state index in [1.54, 1.807) is 0 Å². The van der Waals surface area contributed by atoms with Gasteiger partial charge in [0.1, 0.15) is 5.78 Å². The molecule has 1 fully saturated rings. The summed E-state index contributed by atoms with van der Waals surface area (Å²) in [4.78, 5) is 24.5. The molecule has 0 aromatic carbocycles. The van der Waals surface area contributed by atoms with Crippen molar-refractivity contribution < 1.29 is 9.59 Å². The van der Waals surface area contributed by atoms with E-state index >= 15 is 0 Å². The Bertz CT molecular complexity index is 237. The van der Waals surface area contributed by atoms with E-state index in [0.29, 0.717) is 12.1 Å². The van der Waals surface area contributed by atoms with Crippen LogP contribution in [0.5, 0.6) is 0 Å². The predicted octanol–water partition coefficient (Wildman–Crippen LogP) is 1.76. The van der Waals surface area contributed by atoms with Crippen molar-refractivity contribution in [2.75, 3.05) is 0 Å². The Kier molecular flexibility index (Phi) is 3.67. The van der Waals surface area contributed by atoms with E-state index in [1.165, 1.54) is 6.92 Å². The zero-order valence-corrected chi connectivity index (χ0v) is 9.25. The Morgan fingerprint density at radius 1 is 1.36 bits per heavy atom. The fourth-order valence-electron chi connectivity index (χ4n) is 2.23. The lowest BCUT2D eigenvalue weighted by molar-refractivity contribution is -0.137. The lowest BCUT2D eigenvalue weighted by atomic mass is 10.1. The average molecular weight is 197 g/mol. The van der Waals surface area contributed by atoms with E-state index in [0.717, 1.165) is 19.3 Å². The largest absolute Gasteiger partial charge is 0.337 e. The van der Waals surface area contributed by atoms with Gasteiger partial charge in [0, 0.05) is 12.1 Å². The molecule has 1 saturated heterocycles. The minimum Gasteiger partial charge on any atom is -0.337 e. The zero-order chi connectivity index (χ0) is 10.7. The van der Waals surface area contributed by atoms with Crippen LogP contribution in [0.25, 0.3) is 0 Å². The molecule has 1 heterocycles. The first kappa shape index (κ1) is 11.2. The number of hydrogen-bond acceptors (Lipinski definition) is 2. The molecule has 1 aliphatic heterocycles. The van der Waals surface area contributed by atoms with Crippen LogP contribution in [0.15, 0.2) is 0 Å². The van der Waals surface area contributed by atoms with Gasteiger partial charge in [-0.25, -0.2) is 0 Å². The third-order valence-electron chi connectivity index (χ3n) is 2.95. The van der Waals surface area contributed by atoms with Crippen LogP contribution in [0.3, 0.4) is 0 Å². The van der Waals surface area contributed by atoms with Crippen LogP contribution < -0.4 is 0 Å². The summed E-state index contributed by atoms with van der Waals surface area (Å²) in [5, 5.41) is 0. The molecule has 0 radical (unpaired) electrons. The first-order valence-electron chi connectivity index (χ1n) is 5.36. The van der Waals surface area contributed by atoms with Gasteiger partial charge in [-0.2, -0.15) is 0 Å². The molecule has 0 saturated carbocycles. The lowest BCUT2D eigenvalue weighted by Crippen LogP contribution is -2.40. The average Bonchev–Trinajstić information content (AvgIpc) is 2.45. The molecular weight excluding hydrogens is 178 g/mol. The van der Waals surface area contributed by atoms with E-state index in [9.17, 15) is 9.59 Å². The number of ketones is 1. The molecule has 0 spiro atoms. The fraction of sp³-hybridized carbons (Fsp3) is 0.818. The lowest BCUT2D eigenvalue weighted by Gasteiger charge is -2.27. The minimum absolute atomic E-state index is 0.00866. The Labute approximate surface area is 85.5 Å². The van der Waals surface area contributed by atoms with Crippen LogP contribution in [-0.2, 0) is 9.59 Å². The number of rotatable bonds is 3. The Morgan fingerprint density at radius 2 is 2.00 bits per heavy atom. The summed E-state index contributed by atoms with van der Waals surface area (Å²) < 4.78 is 0. The molecule has 1 rings (SSSR count). The third kappa shape index (κ3) is 2.34. The zero-order valence-electron chi connectivity index (χ0n) is 9.25. The molecule has 0 aromatic rings. The topological polar surface area (TPSA) is 37.4 Å². The molecule has 0 aliphatic carbocycles. The minimum atomic E-state index is -0.0380. The van der Waals surface area contributed by atoms with Gasteiger partial charge >= 0.3 is 0 Å². The smallest absolute Gasteiger partial charge is 0.230 e. The standard InChI is InChI=1S/C11H19NO2/c1-4-10-6-5-8(2)12(10)11(14)7-9(3)13/h8,10H,4-7H2,1-3H3. The van der Waals surface area contributed by atoms with Gasteiger partial charge in [0.2, 0.25) is 5.91 Å². The number of amides is 1. The molecule has 0 N–H and O–H groups in total. The summed E-state index contributed by atoms with van der Waals surface area (Å²) >= 11 is 0. The number of nitrogens with zero attached hydrogens (tertiary/aromatic N) is 1. The fourth-order valence-corrected chi connectivity index (χ4v) is 2.23. The van der Waals surface area contributed by atoms with Crippen molar-refractivity contribution in [3.8, 4) is 0 Å². The van der Waals surface area contributed by atoms with Gasteiger partial charge in [0.05, 0.1) is 6.42 Å². The Morgan fingerprint density at radius 3 is 2.50 bits per heavy atom. The van der Waals surface area contributed by atoms with Crippen LogP contribution >= 0.6 is 0 Å². The monoisotopic (exact) mass is 197 g/mol. The van der Waals surface area contributed by atoms with Gasteiger partial charge in [-0.15, -0.1) is 0 Å². The SMILES string of the molecule is CCC1CCC(C)N1C(=O)CC(C)=O. The van der Waals surface area contributed by atoms with Crippen LogP contribution in [0.4, 0.5) is 0 Å². The molecule has 3 nitrogen and oxygen atoms in total. The van der Waals surface area contributed by atoms with Crippen molar-refractivity contribution in [2.24, 2.45) is 0 Å². The number of hydrogen-bond donors (Lipinski definition) is 0. The first-order valence-corrected chi connectivity index (χ1v) is 5.36. The highest BCUT2D eigenvalue weighted by Gasteiger charge is 2.32. The highest BCUT2D eigenvalue weighted by Crippen LogP contribution is 2.26. The van der Waals surface area contributed by atoms with Gasteiger partial charge in [0.15, 0.2) is 0 Å². The highest BCUT2D eigenvalue weighted by atomic mass is 16.2.